The summed E-state index contributed by atoms with van der Waals surface area (Å²) in [4.78, 5) is 2.42. The number of hydrogen-bond donors (Lipinski definition) is 1. The molecule has 0 aliphatic heterocycles. The summed E-state index contributed by atoms with van der Waals surface area (Å²) < 4.78 is 0. The lowest BCUT2D eigenvalue weighted by atomic mass is 10.1. The van der Waals surface area contributed by atoms with Crippen molar-refractivity contribution in [2.24, 2.45) is 5.73 Å². The van der Waals surface area contributed by atoms with Crippen molar-refractivity contribution in [1.29, 1.82) is 0 Å². The number of benzene rings is 2. The molecule has 2 aromatic rings. The Hall–Kier alpha value is -0.960. The summed E-state index contributed by atoms with van der Waals surface area (Å²) in [5, 5.41) is 0.771. The van der Waals surface area contributed by atoms with Crippen LogP contribution in [0.2, 0.25) is 5.02 Å². The highest BCUT2D eigenvalue weighted by atomic mass is 35.5. The van der Waals surface area contributed by atoms with Crippen molar-refractivity contribution in [2.75, 3.05) is 0 Å². The molecule has 100 valence electrons. The monoisotopic (exact) mass is 291 g/mol. The fourth-order valence-electron chi connectivity index (χ4n) is 1.83. The Morgan fingerprint density at radius 3 is 2.58 bits per heavy atom. The first-order chi connectivity index (χ1) is 9.19. The molecule has 2 aromatic carbocycles. The van der Waals surface area contributed by atoms with Crippen molar-refractivity contribution < 1.29 is 0 Å². The standard InChI is InChI=1S/C16H18ClNS/c1-2-14(18)10-12-8-9-13(17)11-16(12)19-15-6-4-3-5-7-15/h3-9,11,14H,2,10,18H2,1H3. The van der Waals surface area contributed by atoms with Gasteiger partial charge in [0, 0.05) is 20.9 Å². The Balaban J connectivity index is 2.24. The van der Waals surface area contributed by atoms with E-state index in [9.17, 15) is 0 Å². The zero-order valence-electron chi connectivity index (χ0n) is 11.0. The van der Waals surface area contributed by atoms with Gasteiger partial charge in [-0.1, -0.05) is 54.6 Å². The van der Waals surface area contributed by atoms with E-state index in [1.54, 1.807) is 11.8 Å². The molecule has 2 rings (SSSR count). The second-order valence-electron chi connectivity index (χ2n) is 4.54. The maximum atomic E-state index is 6.11. The van der Waals surface area contributed by atoms with Crippen molar-refractivity contribution in [2.45, 2.75) is 35.6 Å². The fraction of sp³-hybridized carbons (Fsp3) is 0.250. The van der Waals surface area contributed by atoms with Crippen LogP contribution in [0.3, 0.4) is 0 Å². The molecule has 0 radical (unpaired) electrons. The molecule has 0 saturated carbocycles. The average Bonchev–Trinajstić information content (AvgIpc) is 2.43. The number of hydrogen-bond acceptors (Lipinski definition) is 2. The third-order valence-electron chi connectivity index (χ3n) is 3.01. The highest BCUT2D eigenvalue weighted by Gasteiger charge is 2.09. The maximum absolute atomic E-state index is 6.11. The van der Waals surface area contributed by atoms with Gasteiger partial charge in [0.1, 0.15) is 0 Å². The molecule has 0 aliphatic rings. The minimum Gasteiger partial charge on any atom is -0.327 e. The summed E-state index contributed by atoms with van der Waals surface area (Å²) >= 11 is 7.85. The van der Waals surface area contributed by atoms with Gasteiger partial charge < -0.3 is 5.73 Å². The van der Waals surface area contributed by atoms with E-state index in [0.717, 1.165) is 17.9 Å². The van der Waals surface area contributed by atoms with E-state index in [1.165, 1.54) is 15.4 Å². The second kappa shape index (κ2) is 6.99. The van der Waals surface area contributed by atoms with Gasteiger partial charge in [-0.25, -0.2) is 0 Å². The van der Waals surface area contributed by atoms with Crippen LogP contribution in [0.1, 0.15) is 18.9 Å². The van der Waals surface area contributed by atoms with Crippen molar-refractivity contribution in [3.63, 3.8) is 0 Å². The molecular formula is C16H18ClNS. The van der Waals surface area contributed by atoms with Crippen LogP contribution in [0.15, 0.2) is 58.3 Å². The Labute approximate surface area is 124 Å². The van der Waals surface area contributed by atoms with Crippen molar-refractivity contribution in [3.8, 4) is 0 Å². The van der Waals surface area contributed by atoms with Crippen molar-refractivity contribution in [1.82, 2.24) is 0 Å². The van der Waals surface area contributed by atoms with Crippen molar-refractivity contribution >= 4 is 23.4 Å². The molecule has 0 bridgehead atoms. The van der Waals surface area contributed by atoms with Gasteiger partial charge >= 0.3 is 0 Å². The molecule has 0 fully saturated rings. The van der Waals surface area contributed by atoms with Crippen LogP contribution in [0.4, 0.5) is 0 Å². The normalized spacial score (nSPS) is 12.4. The Morgan fingerprint density at radius 2 is 1.89 bits per heavy atom. The molecule has 0 aliphatic carbocycles. The highest BCUT2D eigenvalue weighted by Crippen LogP contribution is 2.33. The predicted octanol–water partition coefficient (Wildman–Crippen LogP) is 4.77. The van der Waals surface area contributed by atoms with Gasteiger partial charge in [0.2, 0.25) is 0 Å². The van der Waals surface area contributed by atoms with Gasteiger partial charge in [-0.3, -0.25) is 0 Å². The molecule has 1 nitrogen and oxygen atoms in total. The third-order valence-corrected chi connectivity index (χ3v) is 4.35. The lowest BCUT2D eigenvalue weighted by Crippen LogP contribution is -2.21. The van der Waals surface area contributed by atoms with E-state index in [2.05, 4.69) is 25.1 Å². The van der Waals surface area contributed by atoms with E-state index >= 15 is 0 Å². The highest BCUT2D eigenvalue weighted by molar-refractivity contribution is 7.99. The lowest BCUT2D eigenvalue weighted by Gasteiger charge is -2.13. The van der Waals surface area contributed by atoms with Crippen LogP contribution < -0.4 is 5.73 Å². The SMILES string of the molecule is CCC(N)Cc1ccc(Cl)cc1Sc1ccccc1. The van der Waals surface area contributed by atoms with Crippen LogP contribution in [-0.2, 0) is 6.42 Å². The van der Waals surface area contributed by atoms with E-state index < -0.39 is 0 Å². The molecule has 1 atom stereocenters. The third kappa shape index (κ3) is 4.27. The summed E-state index contributed by atoms with van der Waals surface area (Å²) in [6.45, 7) is 2.12. The van der Waals surface area contributed by atoms with Crippen LogP contribution in [0.5, 0.6) is 0 Å². The first kappa shape index (κ1) is 14.4. The van der Waals surface area contributed by atoms with E-state index in [4.69, 9.17) is 17.3 Å². The number of halogens is 1. The van der Waals surface area contributed by atoms with Gasteiger partial charge in [-0.15, -0.1) is 0 Å². The quantitative estimate of drug-likeness (QED) is 0.858. The van der Waals surface area contributed by atoms with Gasteiger partial charge in [-0.05, 0) is 42.7 Å². The number of nitrogens with two attached hydrogens (primary N) is 1. The number of rotatable bonds is 5. The van der Waals surface area contributed by atoms with Crippen LogP contribution in [0, 0.1) is 0 Å². The smallest absolute Gasteiger partial charge is 0.0417 e. The summed E-state index contributed by atoms with van der Waals surface area (Å²) in [7, 11) is 0. The molecule has 0 spiro atoms. The van der Waals surface area contributed by atoms with Crippen LogP contribution in [-0.4, -0.2) is 6.04 Å². The zero-order valence-corrected chi connectivity index (χ0v) is 12.5. The predicted molar refractivity (Wildman–Crippen MR) is 84.0 cm³/mol. The minimum absolute atomic E-state index is 0.205. The van der Waals surface area contributed by atoms with Gasteiger partial charge in [0.25, 0.3) is 0 Å². The maximum Gasteiger partial charge on any atom is 0.0417 e. The Bertz CT molecular complexity index is 528. The van der Waals surface area contributed by atoms with Gasteiger partial charge in [0.05, 0.1) is 0 Å². The summed E-state index contributed by atoms with van der Waals surface area (Å²) in [5.41, 5.74) is 7.33. The molecule has 1 unspecified atom stereocenters. The molecule has 3 heteroatoms. The largest absolute Gasteiger partial charge is 0.327 e. The molecule has 0 heterocycles. The summed E-state index contributed by atoms with van der Waals surface area (Å²) in [6.07, 6.45) is 1.88. The van der Waals surface area contributed by atoms with E-state index in [1.807, 2.05) is 30.3 Å². The van der Waals surface area contributed by atoms with Crippen LogP contribution in [0.25, 0.3) is 0 Å². The van der Waals surface area contributed by atoms with Gasteiger partial charge in [-0.2, -0.15) is 0 Å². The van der Waals surface area contributed by atoms with Gasteiger partial charge in [0.15, 0.2) is 0 Å². The topological polar surface area (TPSA) is 26.0 Å². The molecule has 0 amide bonds. The average molecular weight is 292 g/mol. The van der Waals surface area contributed by atoms with E-state index in [-0.39, 0.29) is 6.04 Å². The second-order valence-corrected chi connectivity index (χ2v) is 6.09. The van der Waals surface area contributed by atoms with Crippen LogP contribution >= 0.6 is 23.4 Å². The van der Waals surface area contributed by atoms with E-state index in [0.29, 0.717) is 0 Å². The fourth-order valence-corrected chi connectivity index (χ4v) is 3.09. The molecule has 0 aromatic heterocycles. The first-order valence-electron chi connectivity index (χ1n) is 6.46. The molecule has 0 saturated heterocycles. The molecule has 2 N–H and O–H groups in total. The van der Waals surface area contributed by atoms with Crippen molar-refractivity contribution in [3.05, 3.63) is 59.1 Å². The molecular weight excluding hydrogens is 274 g/mol. The lowest BCUT2D eigenvalue weighted by molar-refractivity contribution is 0.641. The minimum atomic E-state index is 0.205. The summed E-state index contributed by atoms with van der Waals surface area (Å²) in [5.74, 6) is 0. The summed E-state index contributed by atoms with van der Waals surface area (Å²) in [6, 6.07) is 16.6. The zero-order chi connectivity index (χ0) is 13.7. The molecule has 19 heavy (non-hydrogen) atoms. The first-order valence-corrected chi connectivity index (χ1v) is 7.65. The Kier molecular flexibility index (Phi) is 5.32. The Morgan fingerprint density at radius 1 is 1.16 bits per heavy atom.